The Morgan fingerprint density at radius 1 is 0.849 bits per heavy atom. The third-order valence-electron chi connectivity index (χ3n) is 11.7. The molecule has 4 aromatic carbocycles. The van der Waals surface area contributed by atoms with Gasteiger partial charge in [-0.25, -0.2) is 9.88 Å². The van der Waals surface area contributed by atoms with Crippen molar-refractivity contribution >= 4 is 78.0 Å². The zero-order valence-electron chi connectivity index (χ0n) is 28.5. The summed E-state index contributed by atoms with van der Waals surface area (Å²) in [6.45, 7) is 1.82. The van der Waals surface area contributed by atoms with Gasteiger partial charge in [-0.15, -0.1) is 0 Å². The van der Waals surface area contributed by atoms with Gasteiger partial charge in [-0.2, -0.15) is 0 Å². The van der Waals surface area contributed by atoms with Crippen molar-refractivity contribution < 1.29 is 33.4 Å². The molecule has 2 aliphatic carbocycles. The van der Waals surface area contributed by atoms with Crippen molar-refractivity contribution in [3.63, 3.8) is 0 Å². The number of halogens is 2. The summed E-state index contributed by atoms with van der Waals surface area (Å²) in [7, 11) is 1.44. The number of carbonyl (C=O) groups excluding carboxylic acids is 4. The topological polar surface area (TPSA) is 130 Å². The van der Waals surface area contributed by atoms with E-state index in [2.05, 4.69) is 36.8 Å². The van der Waals surface area contributed by atoms with Crippen LogP contribution in [0.5, 0.6) is 11.5 Å². The summed E-state index contributed by atoms with van der Waals surface area (Å²) < 4.78 is 12.3. The summed E-state index contributed by atoms with van der Waals surface area (Å²) >= 11 is 7.17. The molecule has 0 radical (unpaired) electrons. The molecule has 6 atom stereocenters. The van der Waals surface area contributed by atoms with E-state index < -0.39 is 35.0 Å². The van der Waals surface area contributed by atoms with Crippen LogP contribution in [0, 0.1) is 29.1 Å². The zero-order valence-corrected chi connectivity index (χ0v) is 31.6. The van der Waals surface area contributed by atoms with Crippen molar-refractivity contribution in [3.8, 4) is 23.0 Å². The van der Waals surface area contributed by atoms with E-state index in [-0.39, 0.29) is 48.0 Å². The molecule has 10 nitrogen and oxygen atoms in total. The fourth-order valence-corrected chi connectivity index (χ4v) is 10.1. The number of oxazole rings is 1. The highest BCUT2D eigenvalue weighted by Gasteiger charge is 2.68. The fourth-order valence-electron chi connectivity index (χ4n) is 9.16. The Bertz CT molecular complexity index is 2390. The largest absolute Gasteiger partial charge is 0.503 e. The first-order valence-corrected chi connectivity index (χ1v) is 18.8. The van der Waals surface area contributed by atoms with Gasteiger partial charge in [0.25, 0.3) is 0 Å². The van der Waals surface area contributed by atoms with Crippen LogP contribution in [-0.2, 0) is 19.2 Å². The van der Waals surface area contributed by atoms with Crippen LogP contribution in [0.25, 0.3) is 22.6 Å². The molecule has 9 rings (SSSR count). The molecule has 4 aliphatic rings. The van der Waals surface area contributed by atoms with Crippen molar-refractivity contribution in [2.45, 2.75) is 25.7 Å². The summed E-state index contributed by atoms with van der Waals surface area (Å²) in [6.07, 6.45) is 2.49. The van der Waals surface area contributed by atoms with Gasteiger partial charge in [-0.1, -0.05) is 42.0 Å². The Labute approximate surface area is 320 Å². The maximum atomic E-state index is 14.7. The molecule has 1 aromatic heterocycles. The van der Waals surface area contributed by atoms with Gasteiger partial charge in [-0.05, 0) is 118 Å². The van der Waals surface area contributed by atoms with Crippen LogP contribution in [-0.4, -0.2) is 40.8 Å². The third-order valence-corrected chi connectivity index (χ3v) is 13.8. The van der Waals surface area contributed by atoms with Gasteiger partial charge in [0.05, 0.1) is 46.1 Å². The maximum Gasteiger partial charge on any atom is 0.241 e. The fraction of sp³-hybridized carbons (Fsp3) is 0.244. The van der Waals surface area contributed by atoms with E-state index >= 15 is 0 Å². The van der Waals surface area contributed by atoms with E-state index in [1.54, 1.807) is 54.6 Å². The number of amides is 4. The Hall–Kier alpha value is -5.07. The normalized spacial score (nSPS) is 26.5. The molecule has 3 heterocycles. The molecule has 5 aromatic rings. The van der Waals surface area contributed by atoms with Crippen molar-refractivity contribution in [1.29, 1.82) is 0 Å². The predicted molar refractivity (Wildman–Crippen MR) is 203 cm³/mol. The van der Waals surface area contributed by atoms with Crippen molar-refractivity contribution in [2.24, 2.45) is 29.1 Å². The molecular weight excluding hydrogens is 806 g/mol. The van der Waals surface area contributed by atoms with Crippen molar-refractivity contribution in [2.75, 3.05) is 16.9 Å². The molecule has 0 bridgehead atoms. The molecule has 1 saturated carbocycles. The highest BCUT2D eigenvalue weighted by Crippen LogP contribution is 2.65. The lowest BCUT2D eigenvalue weighted by Gasteiger charge is -2.49. The second-order valence-corrected chi connectivity index (χ2v) is 15.8. The number of allylic oxidation sites excluding steroid dienone is 2. The molecule has 12 heteroatoms. The van der Waals surface area contributed by atoms with Crippen LogP contribution in [0.2, 0.25) is 0 Å². The average Bonchev–Trinajstić information content (AvgIpc) is 3.78. The molecule has 3 fully saturated rings. The number of aromatic nitrogens is 1. The molecule has 2 saturated heterocycles. The number of carbonyl (C=O) groups is 4. The first-order chi connectivity index (χ1) is 25.5. The van der Waals surface area contributed by atoms with Crippen LogP contribution in [0.3, 0.4) is 0 Å². The summed E-state index contributed by atoms with van der Waals surface area (Å²) in [4.78, 5) is 65.1. The van der Waals surface area contributed by atoms with Gasteiger partial charge in [0, 0.05) is 16.0 Å². The Morgan fingerprint density at radius 2 is 1.55 bits per heavy atom. The number of para-hydroxylation sites is 3. The standard InChI is InChI=1S/C41H31Br2N3O7/c1-41-27(38(49)46(40(41)51)21-8-4-3-5-9-21)18-25-23(32(41)26-19-30(52-2)35(47)34(43)33(26)42)16-17-24-31(25)39(50)45(37(24)48)22-14-12-20(13-15-22)36-44-28-10-6-7-11-29(28)53-36/h3-16,19,24-25,27,31-32,47H,17-18H2,1-2H3. The van der Waals surface area contributed by atoms with E-state index in [0.29, 0.717) is 42.9 Å². The smallest absolute Gasteiger partial charge is 0.241 e. The van der Waals surface area contributed by atoms with Crippen LogP contribution in [0.1, 0.15) is 31.2 Å². The average molecular weight is 838 g/mol. The number of anilines is 2. The Morgan fingerprint density at radius 3 is 2.26 bits per heavy atom. The van der Waals surface area contributed by atoms with Gasteiger partial charge in [-0.3, -0.25) is 24.1 Å². The minimum Gasteiger partial charge on any atom is -0.503 e. The zero-order chi connectivity index (χ0) is 36.9. The lowest BCUT2D eigenvalue weighted by Crippen LogP contribution is -2.49. The molecule has 1 N–H and O–H groups in total. The SMILES string of the molecule is COc1cc(C2C3=CCC4C(=O)N(c5ccc(-c6nc7ccccc7o6)cc5)C(=O)C4C3CC3C(=O)N(c4ccccc4)C(=O)C32C)c(Br)c(Br)c1O. The first-order valence-electron chi connectivity index (χ1n) is 17.3. The van der Waals surface area contributed by atoms with E-state index in [1.165, 1.54) is 16.9 Å². The van der Waals surface area contributed by atoms with Gasteiger partial charge < -0.3 is 14.3 Å². The van der Waals surface area contributed by atoms with Crippen molar-refractivity contribution in [3.05, 3.63) is 111 Å². The Kier molecular flexibility index (Phi) is 7.79. The van der Waals surface area contributed by atoms with Crippen LogP contribution in [0.4, 0.5) is 11.4 Å². The number of rotatable bonds is 5. The number of aromatic hydroxyl groups is 1. The van der Waals surface area contributed by atoms with Gasteiger partial charge in [0.2, 0.25) is 29.5 Å². The molecule has 4 amide bonds. The molecule has 53 heavy (non-hydrogen) atoms. The second-order valence-electron chi connectivity index (χ2n) is 14.2. The molecule has 2 aliphatic heterocycles. The number of fused-ring (bicyclic) bond motifs is 5. The summed E-state index contributed by atoms with van der Waals surface area (Å²) in [5, 5.41) is 10.9. The van der Waals surface area contributed by atoms with Crippen molar-refractivity contribution in [1.82, 2.24) is 4.98 Å². The number of phenolic OH excluding ortho intramolecular Hbond substituents is 1. The van der Waals surface area contributed by atoms with E-state index in [4.69, 9.17) is 9.15 Å². The van der Waals surface area contributed by atoms with Gasteiger partial charge >= 0.3 is 0 Å². The number of methoxy groups -OCH3 is 1. The first kappa shape index (κ1) is 33.7. The second kappa shape index (κ2) is 12.2. The molecule has 0 spiro atoms. The lowest BCUT2D eigenvalue weighted by atomic mass is 9.51. The number of nitrogens with zero attached hydrogens (tertiary/aromatic N) is 3. The number of ether oxygens (including phenoxy) is 1. The highest BCUT2D eigenvalue weighted by atomic mass is 79.9. The van der Waals surface area contributed by atoms with E-state index in [9.17, 15) is 24.3 Å². The number of hydrogen-bond acceptors (Lipinski definition) is 8. The quantitative estimate of drug-likeness (QED) is 0.139. The maximum absolute atomic E-state index is 14.7. The van der Waals surface area contributed by atoms with E-state index in [1.807, 2.05) is 43.3 Å². The van der Waals surface area contributed by atoms with Crippen LogP contribution >= 0.6 is 31.9 Å². The third kappa shape index (κ3) is 4.77. The Balaban J connectivity index is 1.13. The molecular formula is C41H31Br2N3O7. The minimum atomic E-state index is -1.27. The summed E-state index contributed by atoms with van der Waals surface area (Å²) in [5.74, 6) is -4.27. The van der Waals surface area contributed by atoms with Crippen LogP contribution < -0.4 is 14.5 Å². The number of imide groups is 2. The van der Waals surface area contributed by atoms with Gasteiger partial charge in [0.15, 0.2) is 17.1 Å². The predicted octanol–water partition coefficient (Wildman–Crippen LogP) is 8.17. The minimum absolute atomic E-state index is 0.121. The number of hydrogen-bond donors (Lipinski definition) is 1. The lowest BCUT2D eigenvalue weighted by molar-refractivity contribution is -0.131. The molecule has 266 valence electrons. The molecule has 6 unspecified atom stereocenters. The van der Waals surface area contributed by atoms with Gasteiger partial charge in [0.1, 0.15) is 5.52 Å². The van der Waals surface area contributed by atoms with E-state index in [0.717, 1.165) is 11.1 Å². The summed E-state index contributed by atoms with van der Waals surface area (Å²) in [5.41, 5.74) is 3.16. The number of phenols is 1. The van der Waals surface area contributed by atoms with Crippen LogP contribution in [0.15, 0.2) is 110 Å². The highest BCUT2D eigenvalue weighted by molar-refractivity contribution is 9.13. The monoisotopic (exact) mass is 835 g/mol. The summed E-state index contributed by atoms with van der Waals surface area (Å²) in [6, 6.07) is 25.0. The number of benzene rings is 4.